The highest BCUT2D eigenvalue weighted by molar-refractivity contribution is 8.00. The molecule has 1 unspecified atom stereocenters. The van der Waals surface area contributed by atoms with Crippen molar-refractivity contribution >= 4 is 57.7 Å². The predicted molar refractivity (Wildman–Crippen MR) is 181 cm³/mol. The number of benzene rings is 5. The maximum absolute atomic E-state index is 13.5. The van der Waals surface area contributed by atoms with Crippen molar-refractivity contribution < 1.29 is 14.4 Å². The summed E-state index contributed by atoms with van der Waals surface area (Å²) in [4.78, 5) is 40.6. The molecule has 5 aromatic rings. The van der Waals surface area contributed by atoms with Gasteiger partial charge >= 0.3 is 0 Å². The first kappa shape index (κ1) is 30.3. The molecule has 0 bridgehead atoms. The third-order valence-corrected chi connectivity index (χ3v) is 8.36. The lowest BCUT2D eigenvalue weighted by Crippen LogP contribution is -2.30. The van der Waals surface area contributed by atoms with Crippen molar-refractivity contribution in [1.29, 1.82) is 0 Å². The standard InChI is InChI=1S/C37H33N3O3S/c1-3-34(37(43)39-32-18-9-14-27-11-7-8-17-31(27)32)44-30-16-10-15-29(24-30)38-36(42)33(23-26-21-19-25(2)20-22-26)40-35(41)28-12-5-4-6-13-28/h4-24,34H,3H2,1-2H3,(H,38,42)(H,39,43)(H,40,41)/b33-23+. The van der Waals surface area contributed by atoms with Crippen LogP contribution in [0.1, 0.15) is 34.8 Å². The lowest BCUT2D eigenvalue weighted by Gasteiger charge is -2.17. The minimum atomic E-state index is -0.460. The molecule has 0 heterocycles. The number of anilines is 2. The lowest BCUT2D eigenvalue weighted by atomic mass is 10.1. The summed E-state index contributed by atoms with van der Waals surface area (Å²) in [7, 11) is 0. The van der Waals surface area contributed by atoms with Gasteiger partial charge in [-0.05, 0) is 66.8 Å². The van der Waals surface area contributed by atoms with Crippen LogP contribution in [0, 0.1) is 6.92 Å². The largest absolute Gasteiger partial charge is 0.325 e. The smallest absolute Gasteiger partial charge is 0.272 e. The molecule has 220 valence electrons. The zero-order valence-electron chi connectivity index (χ0n) is 24.5. The normalized spacial score (nSPS) is 11.9. The van der Waals surface area contributed by atoms with E-state index in [1.807, 2.05) is 105 Å². The van der Waals surface area contributed by atoms with Gasteiger partial charge in [0, 0.05) is 27.2 Å². The van der Waals surface area contributed by atoms with Crippen molar-refractivity contribution in [1.82, 2.24) is 5.32 Å². The number of nitrogens with one attached hydrogen (secondary N) is 3. The summed E-state index contributed by atoms with van der Waals surface area (Å²) in [6, 6.07) is 37.6. The minimum absolute atomic E-state index is 0.0877. The Hall–Kier alpha value is -5.14. The fourth-order valence-electron chi connectivity index (χ4n) is 4.65. The van der Waals surface area contributed by atoms with Crippen LogP contribution < -0.4 is 16.0 Å². The van der Waals surface area contributed by atoms with Crippen LogP contribution in [0.5, 0.6) is 0 Å². The zero-order valence-corrected chi connectivity index (χ0v) is 25.4. The van der Waals surface area contributed by atoms with Crippen LogP contribution in [0.4, 0.5) is 11.4 Å². The number of rotatable bonds is 10. The number of aryl methyl sites for hydroxylation is 1. The van der Waals surface area contributed by atoms with E-state index >= 15 is 0 Å². The van der Waals surface area contributed by atoms with E-state index in [1.165, 1.54) is 11.8 Å². The van der Waals surface area contributed by atoms with Crippen molar-refractivity contribution in [2.45, 2.75) is 30.4 Å². The first-order valence-electron chi connectivity index (χ1n) is 14.4. The van der Waals surface area contributed by atoms with E-state index < -0.39 is 5.91 Å². The minimum Gasteiger partial charge on any atom is -0.325 e. The SMILES string of the molecule is CCC(Sc1cccc(NC(=O)/C(=C\c2ccc(C)cc2)NC(=O)c2ccccc2)c1)C(=O)Nc1cccc2ccccc12. The number of carbonyl (C=O) groups is 3. The molecule has 0 fully saturated rings. The first-order valence-corrected chi connectivity index (χ1v) is 15.3. The molecule has 0 aliphatic rings. The van der Waals surface area contributed by atoms with Crippen molar-refractivity contribution in [3.63, 3.8) is 0 Å². The van der Waals surface area contributed by atoms with E-state index in [9.17, 15) is 14.4 Å². The molecule has 0 saturated heterocycles. The van der Waals surface area contributed by atoms with E-state index in [1.54, 1.807) is 36.4 Å². The van der Waals surface area contributed by atoms with Gasteiger partial charge in [-0.2, -0.15) is 0 Å². The maximum Gasteiger partial charge on any atom is 0.272 e. The van der Waals surface area contributed by atoms with Crippen LogP contribution in [0.2, 0.25) is 0 Å². The number of thioether (sulfide) groups is 1. The van der Waals surface area contributed by atoms with Crippen molar-refractivity contribution in [3.05, 3.63) is 144 Å². The molecule has 3 N–H and O–H groups in total. The molecule has 7 heteroatoms. The Labute approximate surface area is 261 Å². The Morgan fingerprint density at radius 3 is 2.25 bits per heavy atom. The molecule has 5 aromatic carbocycles. The fraction of sp³-hybridized carbons (Fsp3) is 0.108. The van der Waals surface area contributed by atoms with Gasteiger partial charge in [0.15, 0.2) is 0 Å². The molecule has 1 atom stereocenters. The van der Waals surface area contributed by atoms with Gasteiger partial charge in [-0.25, -0.2) is 0 Å². The van der Waals surface area contributed by atoms with Gasteiger partial charge in [0.2, 0.25) is 5.91 Å². The third-order valence-electron chi connectivity index (χ3n) is 7.00. The van der Waals surface area contributed by atoms with Crippen LogP contribution in [-0.4, -0.2) is 23.0 Å². The van der Waals surface area contributed by atoms with Crippen LogP contribution in [0.3, 0.4) is 0 Å². The second kappa shape index (κ2) is 14.4. The molecule has 44 heavy (non-hydrogen) atoms. The highest BCUT2D eigenvalue weighted by atomic mass is 32.2. The average Bonchev–Trinajstić information content (AvgIpc) is 3.05. The van der Waals surface area contributed by atoms with E-state index in [4.69, 9.17) is 0 Å². The van der Waals surface area contributed by atoms with Gasteiger partial charge in [-0.15, -0.1) is 11.8 Å². The number of fused-ring (bicyclic) bond motifs is 1. The molecule has 3 amide bonds. The van der Waals surface area contributed by atoms with E-state index in [0.29, 0.717) is 17.7 Å². The number of carbonyl (C=O) groups excluding carboxylic acids is 3. The Morgan fingerprint density at radius 2 is 1.48 bits per heavy atom. The third kappa shape index (κ3) is 7.82. The highest BCUT2D eigenvalue weighted by Gasteiger charge is 2.20. The molecular formula is C37H33N3O3S. The molecule has 5 rings (SSSR count). The molecular weight excluding hydrogens is 566 g/mol. The van der Waals surface area contributed by atoms with E-state index in [2.05, 4.69) is 16.0 Å². The quantitative estimate of drug-likeness (QED) is 0.112. The van der Waals surface area contributed by atoms with Crippen LogP contribution in [0.15, 0.2) is 132 Å². The van der Waals surface area contributed by atoms with Gasteiger partial charge in [0.1, 0.15) is 5.70 Å². The van der Waals surface area contributed by atoms with Crippen molar-refractivity contribution in [3.8, 4) is 0 Å². The summed E-state index contributed by atoms with van der Waals surface area (Å²) in [5.74, 6) is -0.931. The maximum atomic E-state index is 13.5. The van der Waals surface area contributed by atoms with Gasteiger partial charge in [-0.1, -0.05) is 97.4 Å². The van der Waals surface area contributed by atoms with Gasteiger partial charge in [0.25, 0.3) is 11.8 Å². The second-order valence-electron chi connectivity index (χ2n) is 10.3. The summed E-state index contributed by atoms with van der Waals surface area (Å²) in [6.07, 6.45) is 2.27. The van der Waals surface area contributed by atoms with E-state index in [-0.39, 0.29) is 22.8 Å². The Morgan fingerprint density at radius 1 is 0.773 bits per heavy atom. The number of hydrogen-bond acceptors (Lipinski definition) is 4. The van der Waals surface area contributed by atoms with Crippen LogP contribution in [0.25, 0.3) is 16.8 Å². The van der Waals surface area contributed by atoms with Crippen molar-refractivity contribution in [2.75, 3.05) is 10.6 Å². The molecule has 0 saturated carbocycles. The monoisotopic (exact) mass is 599 g/mol. The Bertz CT molecular complexity index is 1810. The second-order valence-corrected chi connectivity index (χ2v) is 11.6. The summed E-state index contributed by atoms with van der Waals surface area (Å²) in [6.45, 7) is 3.96. The number of amides is 3. The van der Waals surface area contributed by atoms with Gasteiger partial charge in [0.05, 0.1) is 5.25 Å². The van der Waals surface area contributed by atoms with Gasteiger partial charge in [-0.3, -0.25) is 14.4 Å². The molecule has 0 spiro atoms. The summed E-state index contributed by atoms with van der Waals surface area (Å²) < 4.78 is 0. The number of hydrogen-bond donors (Lipinski definition) is 3. The Kier molecular flexibility index (Phi) is 9.89. The van der Waals surface area contributed by atoms with Gasteiger partial charge < -0.3 is 16.0 Å². The van der Waals surface area contributed by atoms with Crippen LogP contribution >= 0.6 is 11.8 Å². The fourth-order valence-corrected chi connectivity index (χ4v) is 5.66. The van der Waals surface area contributed by atoms with Crippen molar-refractivity contribution in [2.24, 2.45) is 0 Å². The van der Waals surface area contributed by atoms with Crippen LogP contribution in [-0.2, 0) is 9.59 Å². The molecule has 6 nitrogen and oxygen atoms in total. The first-order chi connectivity index (χ1) is 21.4. The lowest BCUT2D eigenvalue weighted by molar-refractivity contribution is -0.116. The predicted octanol–water partition coefficient (Wildman–Crippen LogP) is 8.07. The molecule has 0 aliphatic heterocycles. The molecule has 0 aliphatic carbocycles. The Balaban J connectivity index is 1.31. The summed E-state index contributed by atoms with van der Waals surface area (Å²) in [5, 5.41) is 10.5. The molecule has 0 radical (unpaired) electrons. The zero-order chi connectivity index (χ0) is 30.9. The highest BCUT2D eigenvalue weighted by Crippen LogP contribution is 2.30. The van der Waals surface area contributed by atoms with E-state index in [0.717, 1.165) is 32.5 Å². The summed E-state index contributed by atoms with van der Waals surface area (Å²) >= 11 is 1.44. The topological polar surface area (TPSA) is 87.3 Å². The summed E-state index contributed by atoms with van der Waals surface area (Å²) in [5.41, 5.74) is 3.75. The average molecular weight is 600 g/mol. The molecule has 0 aromatic heterocycles.